The van der Waals surface area contributed by atoms with Gasteiger partial charge in [0.15, 0.2) is 0 Å². The maximum Gasteiger partial charge on any atom is 0.255 e. The second kappa shape index (κ2) is 5.40. The van der Waals surface area contributed by atoms with E-state index in [1.54, 1.807) is 23.1 Å². The van der Waals surface area contributed by atoms with Crippen molar-refractivity contribution in [2.24, 2.45) is 5.41 Å². The highest BCUT2D eigenvalue weighted by molar-refractivity contribution is 6.43. The lowest BCUT2D eigenvalue weighted by atomic mass is 9.82. The molecule has 1 amide bonds. The minimum Gasteiger partial charge on any atom is -0.338 e. The van der Waals surface area contributed by atoms with Gasteiger partial charge in [-0.05, 0) is 31.9 Å². The molecule has 5 heteroatoms. The van der Waals surface area contributed by atoms with Gasteiger partial charge in [0.05, 0.1) is 27.1 Å². The third-order valence-electron chi connectivity index (χ3n) is 3.61. The minimum absolute atomic E-state index is 0.118. The molecule has 0 saturated carbocycles. The molecule has 19 heavy (non-hydrogen) atoms. The van der Waals surface area contributed by atoms with Crippen LogP contribution in [0.5, 0.6) is 0 Å². The quantitative estimate of drug-likeness (QED) is 0.792. The van der Waals surface area contributed by atoms with E-state index in [2.05, 4.69) is 6.07 Å². The van der Waals surface area contributed by atoms with Crippen LogP contribution >= 0.6 is 23.2 Å². The van der Waals surface area contributed by atoms with Crippen molar-refractivity contribution in [1.29, 1.82) is 5.26 Å². The first-order valence-corrected chi connectivity index (χ1v) is 6.87. The number of piperidine rings is 1. The highest BCUT2D eigenvalue weighted by atomic mass is 35.5. The Hall–Kier alpha value is -1.24. The Morgan fingerprint density at radius 3 is 2.58 bits per heavy atom. The molecule has 2 rings (SSSR count). The second-order valence-corrected chi connectivity index (χ2v) is 5.85. The Morgan fingerprint density at radius 2 is 2.00 bits per heavy atom. The third-order valence-corrected chi connectivity index (χ3v) is 4.43. The fourth-order valence-corrected chi connectivity index (χ4v) is 2.54. The molecule has 0 N–H and O–H groups in total. The number of carbonyl (C=O) groups is 1. The summed E-state index contributed by atoms with van der Waals surface area (Å²) in [6, 6.07) is 7.36. The van der Waals surface area contributed by atoms with Crippen LogP contribution in [0.4, 0.5) is 0 Å². The first-order chi connectivity index (χ1) is 8.97. The van der Waals surface area contributed by atoms with E-state index in [0.29, 0.717) is 41.5 Å². The van der Waals surface area contributed by atoms with E-state index < -0.39 is 0 Å². The highest BCUT2D eigenvalue weighted by Crippen LogP contribution is 2.32. The number of amides is 1. The molecule has 0 aliphatic carbocycles. The van der Waals surface area contributed by atoms with Crippen molar-refractivity contribution in [2.75, 3.05) is 13.1 Å². The summed E-state index contributed by atoms with van der Waals surface area (Å²) in [5.41, 5.74) is 0.101. The number of halogens is 2. The largest absolute Gasteiger partial charge is 0.338 e. The van der Waals surface area contributed by atoms with Crippen LogP contribution in [0.2, 0.25) is 10.0 Å². The van der Waals surface area contributed by atoms with Crippen LogP contribution in [0.1, 0.15) is 30.1 Å². The van der Waals surface area contributed by atoms with Crippen molar-refractivity contribution in [3.8, 4) is 6.07 Å². The van der Waals surface area contributed by atoms with Crippen LogP contribution in [-0.2, 0) is 0 Å². The van der Waals surface area contributed by atoms with Crippen LogP contribution in [0.3, 0.4) is 0 Å². The molecule has 0 aromatic heterocycles. The Kier molecular flexibility index (Phi) is 4.03. The Balaban J connectivity index is 2.15. The predicted octanol–water partition coefficient (Wildman–Crippen LogP) is 3.76. The number of nitriles is 1. The number of likely N-dealkylation sites (tertiary alicyclic amines) is 1. The molecule has 1 heterocycles. The predicted molar refractivity (Wildman–Crippen MR) is 75.3 cm³/mol. The van der Waals surface area contributed by atoms with E-state index in [4.69, 9.17) is 28.5 Å². The van der Waals surface area contributed by atoms with E-state index in [9.17, 15) is 4.79 Å². The molecule has 1 fully saturated rings. The van der Waals surface area contributed by atoms with Crippen LogP contribution in [0, 0.1) is 16.7 Å². The summed E-state index contributed by atoms with van der Waals surface area (Å²) >= 11 is 12.0. The molecule has 0 spiro atoms. The molecule has 1 aromatic carbocycles. The van der Waals surface area contributed by atoms with E-state index in [1.807, 2.05) is 6.92 Å². The van der Waals surface area contributed by atoms with E-state index in [1.165, 1.54) is 0 Å². The molecule has 3 nitrogen and oxygen atoms in total. The number of hydrogen-bond donors (Lipinski definition) is 0. The molecule has 0 bridgehead atoms. The summed E-state index contributed by atoms with van der Waals surface area (Å²) in [4.78, 5) is 14.1. The van der Waals surface area contributed by atoms with E-state index in [-0.39, 0.29) is 11.3 Å². The van der Waals surface area contributed by atoms with Crippen molar-refractivity contribution in [2.45, 2.75) is 19.8 Å². The van der Waals surface area contributed by atoms with Crippen molar-refractivity contribution in [3.05, 3.63) is 33.8 Å². The maximum atomic E-state index is 12.4. The van der Waals surface area contributed by atoms with Gasteiger partial charge in [-0.1, -0.05) is 29.3 Å². The zero-order valence-corrected chi connectivity index (χ0v) is 12.1. The van der Waals surface area contributed by atoms with Gasteiger partial charge in [0, 0.05) is 13.1 Å². The summed E-state index contributed by atoms with van der Waals surface area (Å²) in [5, 5.41) is 9.76. The molecule has 0 atom stereocenters. The van der Waals surface area contributed by atoms with Crippen molar-refractivity contribution < 1.29 is 4.79 Å². The fourth-order valence-electron chi connectivity index (χ4n) is 2.15. The zero-order valence-electron chi connectivity index (χ0n) is 10.6. The van der Waals surface area contributed by atoms with Gasteiger partial charge in [0.2, 0.25) is 0 Å². The summed E-state index contributed by atoms with van der Waals surface area (Å²) in [7, 11) is 0. The average molecular weight is 297 g/mol. The van der Waals surface area contributed by atoms with Crippen molar-refractivity contribution in [3.63, 3.8) is 0 Å². The molecule has 1 aliphatic rings. The van der Waals surface area contributed by atoms with Crippen LogP contribution in [0.15, 0.2) is 18.2 Å². The number of benzene rings is 1. The SMILES string of the molecule is CC1(C#N)CCN(C(=O)c2cccc(Cl)c2Cl)CC1. The smallest absolute Gasteiger partial charge is 0.255 e. The first kappa shape index (κ1) is 14.2. The Bertz CT molecular complexity index is 543. The summed E-state index contributed by atoms with van der Waals surface area (Å²) in [6.45, 7) is 3.08. The van der Waals surface area contributed by atoms with Crippen LogP contribution in [-0.4, -0.2) is 23.9 Å². The highest BCUT2D eigenvalue weighted by Gasteiger charge is 2.32. The lowest BCUT2D eigenvalue weighted by Gasteiger charge is -2.35. The van der Waals surface area contributed by atoms with Gasteiger partial charge in [-0.25, -0.2) is 0 Å². The van der Waals surface area contributed by atoms with Gasteiger partial charge in [-0.3, -0.25) is 4.79 Å². The normalized spacial score (nSPS) is 17.9. The van der Waals surface area contributed by atoms with Gasteiger partial charge < -0.3 is 4.90 Å². The van der Waals surface area contributed by atoms with Crippen LogP contribution in [0.25, 0.3) is 0 Å². The topological polar surface area (TPSA) is 44.1 Å². The first-order valence-electron chi connectivity index (χ1n) is 6.11. The molecule has 1 saturated heterocycles. The number of carbonyl (C=O) groups excluding carboxylic acids is 1. The zero-order chi connectivity index (χ0) is 14.0. The number of nitrogens with zero attached hydrogens (tertiary/aromatic N) is 2. The van der Waals surface area contributed by atoms with Crippen LogP contribution < -0.4 is 0 Å². The molecule has 100 valence electrons. The second-order valence-electron chi connectivity index (χ2n) is 5.07. The molecule has 1 aromatic rings. The van der Waals surface area contributed by atoms with E-state index in [0.717, 1.165) is 0 Å². The van der Waals surface area contributed by atoms with Gasteiger partial charge in [0.1, 0.15) is 0 Å². The molecule has 0 radical (unpaired) electrons. The fraction of sp³-hybridized carbons (Fsp3) is 0.429. The Labute approximate surface area is 122 Å². The van der Waals surface area contributed by atoms with Crippen molar-refractivity contribution >= 4 is 29.1 Å². The maximum absolute atomic E-state index is 12.4. The van der Waals surface area contributed by atoms with Crippen molar-refractivity contribution in [1.82, 2.24) is 4.90 Å². The molecular formula is C14H14Cl2N2O. The van der Waals surface area contributed by atoms with E-state index >= 15 is 0 Å². The Morgan fingerprint density at radius 1 is 1.37 bits per heavy atom. The summed E-state index contributed by atoms with van der Waals surface area (Å²) in [5.74, 6) is -0.118. The number of rotatable bonds is 1. The van der Waals surface area contributed by atoms with Gasteiger partial charge in [-0.2, -0.15) is 5.26 Å². The summed E-state index contributed by atoms with van der Waals surface area (Å²) < 4.78 is 0. The molecular weight excluding hydrogens is 283 g/mol. The van der Waals surface area contributed by atoms with Gasteiger partial charge in [0.25, 0.3) is 5.91 Å². The van der Waals surface area contributed by atoms with Gasteiger partial charge in [-0.15, -0.1) is 0 Å². The lowest BCUT2D eigenvalue weighted by Crippen LogP contribution is -2.41. The third kappa shape index (κ3) is 2.86. The monoisotopic (exact) mass is 296 g/mol. The molecule has 0 unspecified atom stereocenters. The summed E-state index contributed by atoms with van der Waals surface area (Å²) in [6.07, 6.45) is 1.38. The average Bonchev–Trinajstić information content (AvgIpc) is 2.42. The standard InChI is InChI=1S/C14H14Cl2N2O/c1-14(9-17)5-7-18(8-6-14)13(19)10-3-2-4-11(15)12(10)16/h2-4H,5-8H2,1H3. The number of hydrogen-bond acceptors (Lipinski definition) is 2. The van der Waals surface area contributed by atoms with Gasteiger partial charge >= 0.3 is 0 Å². The minimum atomic E-state index is -0.324. The molecule has 1 aliphatic heterocycles. The lowest BCUT2D eigenvalue weighted by molar-refractivity contribution is 0.0662.